The lowest BCUT2D eigenvalue weighted by Gasteiger charge is -2.41. The molecule has 1 aromatic carbocycles. The number of ether oxygens (including phenoxy) is 2. The Labute approximate surface area is 202 Å². The highest BCUT2D eigenvalue weighted by Gasteiger charge is 2.41. The van der Waals surface area contributed by atoms with Crippen LogP contribution < -0.4 is 5.73 Å². The van der Waals surface area contributed by atoms with Crippen molar-refractivity contribution in [1.82, 2.24) is 9.80 Å². The number of carbonyl (C=O) groups is 2. The number of carbonyl (C=O) groups excluding carboxylic acids is 2. The molecular weight excluding hydrogens is 430 g/mol. The van der Waals surface area contributed by atoms with Crippen molar-refractivity contribution in [3.63, 3.8) is 0 Å². The maximum Gasteiger partial charge on any atom is 0.254 e. The fourth-order valence-corrected chi connectivity index (χ4v) is 6.75. The number of nitrogens with zero attached hydrogens (tertiary/aromatic N) is 2. The van der Waals surface area contributed by atoms with Gasteiger partial charge in [-0.25, -0.2) is 0 Å². The highest BCUT2D eigenvalue weighted by atomic mass is 16.7. The van der Waals surface area contributed by atoms with Gasteiger partial charge in [0.2, 0.25) is 5.91 Å². The lowest BCUT2D eigenvalue weighted by molar-refractivity contribution is -0.141. The molecule has 2 amide bonds. The van der Waals surface area contributed by atoms with Crippen LogP contribution in [0.4, 0.5) is 0 Å². The molecule has 3 heterocycles. The fraction of sp³-hybridized carbons (Fsp3) is 0.704. The first-order valence-electron chi connectivity index (χ1n) is 13.2. The van der Waals surface area contributed by atoms with Gasteiger partial charge in [-0.15, -0.1) is 0 Å². The predicted octanol–water partition coefficient (Wildman–Crippen LogP) is 3.28. The Morgan fingerprint density at radius 2 is 1.82 bits per heavy atom. The number of hydrogen-bond donors (Lipinski definition) is 1. The molecule has 3 aliphatic heterocycles. The van der Waals surface area contributed by atoms with E-state index in [0.29, 0.717) is 36.1 Å². The molecule has 2 bridgehead atoms. The second-order valence-corrected chi connectivity index (χ2v) is 10.7. The van der Waals surface area contributed by atoms with Crippen molar-refractivity contribution in [3.05, 3.63) is 35.4 Å². The van der Waals surface area contributed by atoms with Gasteiger partial charge in [0, 0.05) is 37.3 Å². The summed E-state index contributed by atoms with van der Waals surface area (Å²) >= 11 is 0. The fourth-order valence-electron chi connectivity index (χ4n) is 6.75. The van der Waals surface area contributed by atoms with E-state index in [1.54, 1.807) is 6.07 Å². The molecule has 7 heteroatoms. The summed E-state index contributed by atoms with van der Waals surface area (Å²) < 4.78 is 10.9. The quantitative estimate of drug-likeness (QED) is 0.632. The van der Waals surface area contributed by atoms with Crippen molar-refractivity contribution >= 4 is 11.8 Å². The zero-order valence-corrected chi connectivity index (χ0v) is 20.2. The van der Waals surface area contributed by atoms with Crippen molar-refractivity contribution in [2.75, 3.05) is 33.0 Å². The number of nitrogens with two attached hydrogens (primary N) is 1. The van der Waals surface area contributed by atoms with E-state index in [0.717, 1.165) is 32.5 Å². The van der Waals surface area contributed by atoms with Crippen molar-refractivity contribution in [2.24, 2.45) is 11.7 Å². The first-order valence-corrected chi connectivity index (χ1v) is 13.2. The third kappa shape index (κ3) is 5.31. The molecule has 34 heavy (non-hydrogen) atoms. The zero-order valence-electron chi connectivity index (χ0n) is 20.2. The number of amides is 2. The average molecular weight is 470 g/mol. The molecule has 4 aliphatic rings. The van der Waals surface area contributed by atoms with Gasteiger partial charge in [-0.05, 0) is 68.1 Å². The average Bonchev–Trinajstić information content (AvgIpc) is 3.48. The van der Waals surface area contributed by atoms with Crippen LogP contribution in [-0.2, 0) is 14.3 Å². The normalized spacial score (nSPS) is 29.9. The van der Waals surface area contributed by atoms with E-state index in [1.807, 2.05) is 12.1 Å². The van der Waals surface area contributed by atoms with E-state index in [1.165, 1.54) is 50.5 Å². The van der Waals surface area contributed by atoms with Crippen LogP contribution in [0.25, 0.3) is 0 Å². The van der Waals surface area contributed by atoms with Gasteiger partial charge in [-0.2, -0.15) is 0 Å². The molecule has 1 aliphatic carbocycles. The molecule has 0 spiro atoms. The second kappa shape index (κ2) is 10.8. The number of hydrogen-bond acceptors (Lipinski definition) is 5. The Morgan fingerprint density at radius 3 is 2.50 bits per heavy atom. The zero-order chi connectivity index (χ0) is 23.5. The van der Waals surface area contributed by atoms with Crippen molar-refractivity contribution < 1.29 is 19.1 Å². The molecule has 5 rings (SSSR count). The van der Waals surface area contributed by atoms with Crippen LogP contribution in [0.2, 0.25) is 0 Å². The second-order valence-electron chi connectivity index (χ2n) is 10.7. The standard InChI is InChI=1S/C27H39N3O4/c28-26(31)21-8-4-7-20(13-21)22-14-23-9-10-24(15-22)30(23)12-11-29(16-19-5-2-1-3-6-19)27(32)25-17-33-18-34-25/h4,7-8,13,19,22-25H,1-3,5-6,9-12,14-18H2,(H2,28,31). The van der Waals surface area contributed by atoms with Gasteiger partial charge in [-0.3, -0.25) is 14.5 Å². The van der Waals surface area contributed by atoms with Gasteiger partial charge >= 0.3 is 0 Å². The summed E-state index contributed by atoms with van der Waals surface area (Å²) in [5, 5.41) is 0. The lowest BCUT2D eigenvalue weighted by atomic mass is 9.84. The number of fused-ring (bicyclic) bond motifs is 2. The van der Waals surface area contributed by atoms with E-state index in [9.17, 15) is 9.59 Å². The van der Waals surface area contributed by atoms with Crippen molar-refractivity contribution in [3.8, 4) is 0 Å². The van der Waals surface area contributed by atoms with E-state index in [2.05, 4.69) is 15.9 Å². The Morgan fingerprint density at radius 1 is 1.06 bits per heavy atom. The van der Waals surface area contributed by atoms with Crippen LogP contribution in [0.3, 0.4) is 0 Å². The molecule has 2 N–H and O–H groups in total. The molecule has 7 nitrogen and oxygen atoms in total. The van der Waals surface area contributed by atoms with Crippen LogP contribution in [0, 0.1) is 5.92 Å². The van der Waals surface area contributed by atoms with E-state index in [-0.39, 0.29) is 18.6 Å². The summed E-state index contributed by atoms with van der Waals surface area (Å²) in [6.45, 7) is 3.15. The summed E-state index contributed by atoms with van der Waals surface area (Å²) in [7, 11) is 0. The van der Waals surface area contributed by atoms with Gasteiger partial charge in [0.15, 0.2) is 6.10 Å². The summed E-state index contributed by atoms with van der Waals surface area (Å²) in [6.07, 6.45) is 10.5. The van der Waals surface area contributed by atoms with Crippen LogP contribution >= 0.6 is 0 Å². The third-order valence-electron chi connectivity index (χ3n) is 8.57. The molecule has 1 saturated carbocycles. The Kier molecular flexibility index (Phi) is 7.52. The first-order chi connectivity index (χ1) is 16.6. The Balaban J connectivity index is 1.22. The monoisotopic (exact) mass is 469 g/mol. The topological polar surface area (TPSA) is 85.1 Å². The molecule has 1 aromatic rings. The summed E-state index contributed by atoms with van der Waals surface area (Å²) in [5.74, 6) is 0.826. The van der Waals surface area contributed by atoms with Gasteiger partial charge in [0.05, 0.1) is 6.61 Å². The Bertz CT molecular complexity index is 851. The van der Waals surface area contributed by atoms with E-state index < -0.39 is 6.10 Å². The van der Waals surface area contributed by atoms with Gasteiger partial charge in [0.25, 0.3) is 5.91 Å². The summed E-state index contributed by atoms with van der Waals surface area (Å²) in [5.41, 5.74) is 7.35. The summed E-state index contributed by atoms with van der Waals surface area (Å²) in [4.78, 5) is 29.6. The molecule has 3 saturated heterocycles. The van der Waals surface area contributed by atoms with Crippen LogP contribution in [0.15, 0.2) is 24.3 Å². The Hall–Kier alpha value is -1.96. The van der Waals surface area contributed by atoms with Gasteiger partial charge < -0.3 is 20.1 Å². The van der Waals surface area contributed by atoms with E-state index >= 15 is 0 Å². The molecule has 0 radical (unpaired) electrons. The largest absolute Gasteiger partial charge is 0.366 e. The minimum Gasteiger partial charge on any atom is -0.366 e. The molecule has 4 fully saturated rings. The lowest BCUT2D eigenvalue weighted by Crippen LogP contribution is -2.50. The number of rotatable bonds is 8. The molecule has 3 atom stereocenters. The highest BCUT2D eigenvalue weighted by Crippen LogP contribution is 2.43. The number of piperidine rings is 1. The molecule has 186 valence electrons. The first kappa shape index (κ1) is 23.8. The highest BCUT2D eigenvalue weighted by molar-refractivity contribution is 5.92. The van der Waals surface area contributed by atoms with Crippen LogP contribution in [0.5, 0.6) is 0 Å². The van der Waals surface area contributed by atoms with Gasteiger partial charge in [0.1, 0.15) is 6.79 Å². The van der Waals surface area contributed by atoms with E-state index in [4.69, 9.17) is 15.2 Å². The minimum absolute atomic E-state index is 0.105. The maximum atomic E-state index is 13.3. The van der Waals surface area contributed by atoms with Crippen molar-refractivity contribution in [2.45, 2.75) is 81.9 Å². The van der Waals surface area contributed by atoms with Gasteiger partial charge in [-0.1, -0.05) is 31.4 Å². The van der Waals surface area contributed by atoms with Crippen LogP contribution in [0.1, 0.15) is 79.6 Å². The van der Waals surface area contributed by atoms with Crippen molar-refractivity contribution in [1.29, 1.82) is 0 Å². The number of primary amides is 1. The molecule has 0 aromatic heterocycles. The smallest absolute Gasteiger partial charge is 0.254 e. The maximum absolute atomic E-state index is 13.3. The molecule has 3 unspecified atom stereocenters. The molecular formula is C27H39N3O4. The number of benzene rings is 1. The summed E-state index contributed by atoms with van der Waals surface area (Å²) in [6, 6.07) is 8.95. The third-order valence-corrected chi connectivity index (χ3v) is 8.57. The SMILES string of the molecule is NC(=O)c1cccc(C2CC3CCC(C2)N3CCN(CC2CCCCC2)C(=O)C2COCO2)c1. The minimum atomic E-state index is -0.441. The van der Waals surface area contributed by atoms with Crippen LogP contribution in [-0.4, -0.2) is 72.8 Å². The predicted molar refractivity (Wildman–Crippen MR) is 129 cm³/mol.